The highest BCUT2D eigenvalue weighted by Crippen LogP contribution is 2.69. The van der Waals surface area contributed by atoms with Crippen LogP contribution in [0.2, 0.25) is 0 Å². The van der Waals surface area contributed by atoms with Crippen LogP contribution in [-0.2, 0) is 19.7 Å². The van der Waals surface area contributed by atoms with Crippen molar-refractivity contribution in [1.29, 1.82) is 0 Å². The molecule has 3 aromatic rings. The third-order valence-electron chi connectivity index (χ3n) is 7.79. The summed E-state index contributed by atoms with van der Waals surface area (Å²) in [5, 5.41) is 0. The number of amides is 1. The summed E-state index contributed by atoms with van der Waals surface area (Å²) < 4.78 is 5.15. The Hall–Kier alpha value is -4.32. The Morgan fingerprint density at radius 3 is 2.03 bits per heavy atom. The van der Waals surface area contributed by atoms with Gasteiger partial charge in [-0.1, -0.05) is 78.9 Å². The number of esters is 1. The van der Waals surface area contributed by atoms with Gasteiger partial charge >= 0.3 is 5.97 Å². The van der Waals surface area contributed by atoms with Gasteiger partial charge < -0.3 is 9.64 Å². The van der Waals surface area contributed by atoms with Gasteiger partial charge in [-0.25, -0.2) is 4.79 Å². The van der Waals surface area contributed by atoms with Gasteiger partial charge in [-0.15, -0.1) is 0 Å². The molecule has 172 valence electrons. The lowest BCUT2D eigenvalue weighted by molar-refractivity contribution is -0.139. The highest BCUT2D eigenvalue weighted by molar-refractivity contribution is 6.37. The van der Waals surface area contributed by atoms with Crippen LogP contribution in [-0.4, -0.2) is 37.6 Å². The van der Waals surface area contributed by atoms with E-state index < -0.39 is 40.2 Å². The summed E-state index contributed by atoms with van der Waals surface area (Å²) in [7, 11) is 2.84. The molecule has 1 aliphatic heterocycles. The van der Waals surface area contributed by atoms with E-state index >= 15 is 0 Å². The SMILES string of the molecule is COC(=O)C1=C[C@H](c2ccccc2)C2(C(=O)c3ccccc3C2=O)[C@@]12C(=O)N(C)c1ccccc12. The van der Waals surface area contributed by atoms with E-state index in [4.69, 9.17) is 4.74 Å². The molecule has 2 atom stereocenters. The van der Waals surface area contributed by atoms with E-state index in [-0.39, 0.29) is 16.7 Å². The fourth-order valence-corrected chi connectivity index (χ4v) is 6.43. The Bertz CT molecular complexity index is 1450. The summed E-state index contributed by atoms with van der Waals surface area (Å²) in [6.45, 7) is 0. The van der Waals surface area contributed by atoms with Gasteiger partial charge in [0.2, 0.25) is 5.91 Å². The molecule has 3 aliphatic rings. The number of carbonyl (C=O) groups is 4. The summed E-state index contributed by atoms with van der Waals surface area (Å²) in [4.78, 5) is 58.2. The van der Waals surface area contributed by atoms with Crippen molar-refractivity contribution in [2.24, 2.45) is 5.41 Å². The number of allylic oxidation sites excluding steroid dienone is 1. The smallest absolute Gasteiger partial charge is 0.334 e. The Morgan fingerprint density at radius 1 is 0.829 bits per heavy atom. The molecule has 0 radical (unpaired) electrons. The number of para-hydroxylation sites is 1. The first-order valence-corrected chi connectivity index (χ1v) is 11.3. The minimum Gasteiger partial charge on any atom is -0.466 e. The normalized spacial score (nSPS) is 23.6. The maximum atomic E-state index is 14.5. The molecule has 0 fully saturated rings. The highest BCUT2D eigenvalue weighted by Gasteiger charge is 2.79. The Labute approximate surface area is 201 Å². The molecular formula is C29H21NO5. The minimum atomic E-state index is -1.90. The first-order valence-electron chi connectivity index (χ1n) is 11.3. The largest absolute Gasteiger partial charge is 0.466 e. The lowest BCUT2D eigenvalue weighted by Gasteiger charge is -2.42. The molecule has 2 aliphatic carbocycles. The summed E-state index contributed by atoms with van der Waals surface area (Å²) in [6, 6.07) is 22.8. The predicted octanol–water partition coefficient (Wildman–Crippen LogP) is 3.86. The number of hydrogen-bond donors (Lipinski definition) is 0. The number of fused-ring (bicyclic) bond motifs is 4. The average Bonchev–Trinajstić information content (AvgIpc) is 3.43. The van der Waals surface area contributed by atoms with Crippen LogP contribution in [0.4, 0.5) is 5.69 Å². The topological polar surface area (TPSA) is 80.8 Å². The van der Waals surface area contributed by atoms with Crippen molar-refractivity contribution in [3.63, 3.8) is 0 Å². The van der Waals surface area contributed by atoms with Crippen LogP contribution in [0.5, 0.6) is 0 Å². The molecule has 2 spiro atoms. The van der Waals surface area contributed by atoms with Crippen LogP contribution in [0.1, 0.15) is 37.8 Å². The summed E-state index contributed by atoms with van der Waals surface area (Å²) in [5.41, 5.74) is -1.55. The van der Waals surface area contributed by atoms with E-state index in [1.165, 1.54) is 12.0 Å². The number of carbonyl (C=O) groups excluding carboxylic acids is 4. The quantitative estimate of drug-likeness (QED) is 0.426. The first kappa shape index (κ1) is 21.2. The predicted molar refractivity (Wildman–Crippen MR) is 128 cm³/mol. The van der Waals surface area contributed by atoms with Crippen molar-refractivity contribution in [2.45, 2.75) is 11.3 Å². The number of Topliss-reactive ketones (excluding diaryl/α,β-unsaturated/α-hetero) is 2. The average molecular weight is 463 g/mol. The Morgan fingerprint density at radius 2 is 1.40 bits per heavy atom. The molecule has 0 unspecified atom stereocenters. The zero-order chi connectivity index (χ0) is 24.5. The van der Waals surface area contributed by atoms with Gasteiger partial charge in [0.25, 0.3) is 0 Å². The number of anilines is 1. The zero-order valence-corrected chi connectivity index (χ0v) is 19.1. The number of ether oxygens (including phenoxy) is 1. The maximum Gasteiger partial charge on any atom is 0.334 e. The van der Waals surface area contributed by atoms with Crippen LogP contribution in [0.3, 0.4) is 0 Å². The number of methoxy groups -OCH3 is 1. The molecule has 6 rings (SSSR count). The molecule has 6 heteroatoms. The van der Waals surface area contributed by atoms with E-state index in [0.717, 1.165) is 0 Å². The molecule has 0 saturated carbocycles. The van der Waals surface area contributed by atoms with Crippen molar-refractivity contribution < 1.29 is 23.9 Å². The monoisotopic (exact) mass is 463 g/mol. The van der Waals surface area contributed by atoms with Crippen molar-refractivity contribution in [3.05, 3.63) is 113 Å². The number of hydrogen-bond acceptors (Lipinski definition) is 5. The van der Waals surface area contributed by atoms with Gasteiger partial charge in [0.05, 0.1) is 12.7 Å². The minimum absolute atomic E-state index is 0.0187. The molecule has 1 amide bonds. The van der Waals surface area contributed by atoms with Gasteiger partial charge in [0, 0.05) is 29.8 Å². The first-order chi connectivity index (χ1) is 16.9. The van der Waals surface area contributed by atoms with E-state index in [1.54, 1.807) is 61.7 Å². The van der Waals surface area contributed by atoms with E-state index in [1.807, 2.05) is 30.3 Å². The second kappa shape index (κ2) is 7.09. The van der Waals surface area contributed by atoms with E-state index in [9.17, 15) is 19.2 Å². The third kappa shape index (κ3) is 2.24. The van der Waals surface area contributed by atoms with Gasteiger partial charge in [0.15, 0.2) is 11.6 Å². The second-order valence-electron chi connectivity index (χ2n) is 9.10. The second-order valence-corrected chi connectivity index (χ2v) is 9.10. The maximum absolute atomic E-state index is 14.5. The van der Waals surface area contributed by atoms with Crippen molar-refractivity contribution in [2.75, 3.05) is 19.1 Å². The molecule has 0 saturated heterocycles. The number of nitrogens with zero attached hydrogens (tertiary/aromatic N) is 1. The zero-order valence-electron chi connectivity index (χ0n) is 19.1. The van der Waals surface area contributed by atoms with E-state index in [2.05, 4.69) is 0 Å². The molecular weight excluding hydrogens is 442 g/mol. The van der Waals surface area contributed by atoms with Crippen molar-refractivity contribution >= 4 is 29.1 Å². The summed E-state index contributed by atoms with van der Waals surface area (Å²) in [6.07, 6.45) is 1.61. The van der Waals surface area contributed by atoms with Crippen LogP contribution >= 0.6 is 0 Å². The van der Waals surface area contributed by atoms with Crippen molar-refractivity contribution in [3.8, 4) is 0 Å². The van der Waals surface area contributed by atoms with Gasteiger partial charge in [-0.05, 0) is 17.2 Å². The number of likely N-dealkylation sites (N-methyl/N-ethyl adjacent to an activating group) is 1. The number of benzene rings is 3. The Kier molecular flexibility index (Phi) is 4.30. The molecule has 3 aromatic carbocycles. The van der Waals surface area contributed by atoms with Gasteiger partial charge in [-0.3, -0.25) is 14.4 Å². The van der Waals surface area contributed by atoms with Crippen LogP contribution in [0, 0.1) is 5.41 Å². The van der Waals surface area contributed by atoms with Crippen LogP contribution in [0.25, 0.3) is 0 Å². The molecule has 0 bridgehead atoms. The highest BCUT2D eigenvalue weighted by atomic mass is 16.5. The Balaban J connectivity index is 1.80. The van der Waals surface area contributed by atoms with Crippen LogP contribution in [0.15, 0.2) is 90.5 Å². The number of rotatable bonds is 2. The molecule has 35 heavy (non-hydrogen) atoms. The molecule has 1 heterocycles. The van der Waals surface area contributed by atoms with Gasteiger partial charge in [-0.2, -0.15) is 0 Å². The fraction of sp³-hybridized carbons (Fsp3) is 0.172. The lowest BCUT2D eigenvalue weighted by atomic mass is 9.53. The fourth-order valence-electron chi connectivity index (χ4n) is 6.43. The molecule has 0 aromatic heterocycles. The third-order valence-corrected chi connectivity index (χ3v) is 7.79. The van der Waals surface area contributed by atoms with Crippen molar-refractivity contribution in [1.82, 2.24) is 0 Å². The van der Waals surface area contributed by atoms with Gasteiger partial charge in [0.1, 0.15) is 10.8 Å². The van der Waals surface area contributed by atoms with E-state index in [0.29, 0.717) is 16.8 Å². The van der Waals surface area contributed by atoms with Crippen LogP contribution < -0.4 is 4.90 Å². The number of ketones is 2. The summed E-state index contributed by atoms with van der Waals surface area (Å²) in [5.74, 6) is -3.00. The molecule has 6 nitrogen and oxygen atoms in total. The summed E-state index contributed by atoms with van der Waals surface area (Å²) >= 11 is 0. The molecule has 0 N–H and O–H groups in total. The lowest BCUT2D eigenvalue weighted by Crippen LogP contribution is -2.59. The standard InChI is InChI=1S/C29H21NO5/c1-30-23-15-9-8-14-20(23)28(27(30)34)22(26(33)35-2)16-21(17-10-4-3-5-11-17)29(28)24(31)18-12-6-7-13-19(18)25(29)32/h3-16,21H,1-2H3/t21-,28-/m1/s1.